The Labute approximate surface area is 193 Å². The van der Waals surface area contributed by atoms with E-state index in [1.807, 2.05) is 19.2 Å². The summed E-state index contributed by atoms with van der Waals surface area (Å²) in [5.74, 6) is 0. The van der Waals surface area contributed by atoms with Crippen molar-refractivity contribution in [1.82, 2.24) is 9.71 Å². The minimum Gasteiger partial charge on any atom is -0.443 e. The number of nitrogens with one attached hydrogen (secondary N) is 2. The zero-order chi connectivity index (χ0) is 24.2. The van der Waals surface area contributed by atoms with E-state index in [1.54, 1.807) is 26.8 Å². The Morgan fingerprint density at radius 3 is 2.47 bits per heavy atom. The summed E-state index contributed by atoms with van der Waals surface area (Å²) in [5.41, 5.74) is 3.37. The summed E-state index contributed by atoms with van der Waals surface area (Å²) in [6.45, 7) is 17.5. The van der Waals surface area contributed by atoms with Crippen LogP contribution in [0.5, 0.6) is 0 Å². The topological polar surface area (TPSA) is 88.3 Å². The third-order valence-electron chi connectivity index (χ3n) is 5.89. The van der Waals surface area contributed by atoms with Crippen molar-refractivity contribution in [3.05, 3.63) is 53.2 Å². The van der Waals surface area contributed by atoms with Crippen LogP contribution in [0.4, 0.5) is 4.79 Å². The minimum absolute atomic E-state index is 0.0195. The van der Waals surface area contributed by atoms with Crippen LogP contribution in [0.3, 0.4) is 0 Å². The van der Waals surface area contributed by atoms with Crippen LogP contribution in [0.2, 0.25) is 0 Å². The zero-order valence-corrected chi connectivity index (χ0v) is 21.0. The predicted molar refractivity (Wildman–Crippen MR) is 131 cm³/mol. The average molecular weight is 463 g/mol. The Hall–Kier alpha value is -2.28. The highest BCUT2D eigenvalue weighted by molar-refractivity contribution is 7.93. The average Bonchev–Trinajstić information content (AvgIpc) is 3.29. The van der Waals surface area contributed by atoms with Gasteiger partial charge < -0.3 is 9.72 Å². The summed E-state index contributed by atoms with van der Waals surface area (Å²) in [7, 11) is -3.97. The van der Waals surface area contributed by atoms with Gasteiger partial charge in [0.15, 0.2) is 0 Å². The maximum atomic E-state index is 13.0. The lowest BCUT2D eigenvalue weighted by Crippen LogP contribution is -2.37. The number of H-pyrrole nitrogens is 1. The maximum Gasteiger partial charge on any atom is 0.421 e. The first-order valence-corrected chi connectivity index (χ1v) is 12.7. The molecule has 1 aliphatic carbocycles. The summed E-state index contributed by atoms with van der Waals surface area (Å²) in [5, 5.41) is 0. The van der Waals surface area contributed by atoms with Gasteiger partial charge in [-0.2, -0.15) is 0 Å². The van der Waals surface area contributed by atoms with Gasteiger partial charge in [-0.25, -0.2) is 17.9 Å². The quantitative estimate of drug-likeness (QED) is 0.373. The molecule has 1 aliphatic rings. The second-order valence-corrected chi connectivity index (χ2v) is 11.6. The molecule has 6 nitrogen and oxygen atoms in total. The summed E-state index contributed by atoms with van der Waals surface area (Å²) < 4.78 is 33.2. The molecular formula is C25H38N2O4S. The molecule has 1 amide bonds. The number of hydrogen-bond acceptors (Lipinski definition) is 4. The smallest absolute Gasteiger partial charge is 0.421 e. The van der Waals surface area contributed by atoms with Crippen LogP contribution in [0.25, 0.3) is 5.57 Å². The molecule has 0 atom stereocenters. The number of aromatic nitrogens is 1. The molecule has 0 radical (unpaired) electrons. The van der Waals surface area contributed by atoms with Gasteiger partial charge in [0.1, 0.15) is 5.60 Å². The van der Waals surface area contributed by atoms with Gasteiger partial charge in [0.05, 0.1) is 4.91 Å². The van der Waals surface area contributed by atoms with Crippen LogP contribution in [0.1, 0.15) is 83.9 Å². The van der Waals surface area contributed by atoms with Crippen LogP contribution >= 0.6 is 0 Å². The molecule has 0 bridgehead atoms. The van der Waals surface area contributed by atoms with Gasteiger partial charge in [0.2, 0.25) is 0 Å². The van der Waals surface area contributed by atoms with E-state index in [1.165, 1.54) is 0 Å². The van der Waals surface area contributed by atoms with E-state index < -0.39 is 21.7 Å². The van der Waals surface area contributed by atoms with Crippen molar-refractivity contribution in [3.8, 4) is 0 Å². The molecule has 178 valence electrons. The normalized spacial score (nSPS) is 15.8. The number of aromatic amines is 1. The summed E-state index contributed by atoms with van der Waals surface area (Å²) in [6, 6.07) is 2.00. The third kappa shape index (κ3) is 7.69. The number of rotatable bonds is 11. The summed E-state index contributed by atoms with van der Waals surface area (Å²) in [6.07, 6.45) is 7.86. The van der Waals surface area contributed by atoms with Crippen molar-refractivity contribution in [2.24, 2.45) is 5.41 Å². The van der Waals surface area contributed by atoms with Crippen LogP contribution in [-0.2, 0) is 14.8 Å². The molecule has 0 aromatic carbocycles. The van der Waals surface area contributed by atoms with E-state index in [-0.39, 0.29) is 10.3 Å². The first kappa shape index (κ1) is 26.0. The molecule has 1 fully saturated rings. The summed E-state index contributed by atoms with van der Waals surface area (Å²) in [4.78, 5) is 15.5. The Kier molecular flexibility index (Phi) is 8.21. The van der Waals surface area contributed by atoms with E-state index in [9.17, 15) is 13.2 Å². The van der Waals surface area contributed by atoms with E-state index in [4.69, 9.17) is 4.74 Å². The minimum atomic E-state index is -3.97. The molecule has 2 N–H and O–H groups in total. The van der Waals surface area contributed by atoms with Crippen LogP contribution in [0, 0.1) is 12.3 Å². The highest BCUT2D eigenvalue weighted by atomic mass is 32.2. The second-order valence-electron chi connectivity index (χ2n) is 9.89. The first-order chi connectivity index (χ1) is 14.8. The molecular weight excluding hydrogens is 424 g/mol. The van der Waals surface area contributed by atoms with Crippen LogP contribution < -0.4 is 4.72 Å². The van der Waals surface area contributed by atoms with Gasteiger partial charge in [-0.3, -0.25) is 0 Å². The van der Waals surface area contributed by atoms with Crippen LogP contribution in [0.15, 0.2) is 42.0 Å². The fourth-order valence-corrected chi connectivity index (χ4v) is 4.94. The highest BCUT2D eigenvalue weighted by Crippen LogP contribution is 2.53. The molecule has 0 aliphatic heterocycles. The number of allylic oxidation sites excluding steroid dienone is 4. The second kappa shape index (κ2) is 10.1. The highest BCUT2D eigenvalue weighted by Gasteiger charge is 2.43. The molecule has 2 rings (SSSR count). The SMILES string of the molecule is C=C(CC/C=C(/CC1(CC)CC1)S(=O)(=O)NC(=O)OC(C)(C)C)CC(=C)c1cc[nH]c1C. The number of sulfonamides is 1. The molecule has 1 saturated carbocycles. The van der Waals surface area contributed by atoms with Crippen molar-refractivity contribution in [2.75, 3.05) is 0 Å². The van der Waals surface area contributed by atoms with E-state index in [0.29, 0.717) is 25.7 Å². The lowest BCUT2D eigenvalue weighted by Gasteiger charge is -2.21. The van der Waals surface area contributed by atoms with Crippen molar-refractivity contribution < 1.29 is 17.9 Å². The van der Waals surface area contributed by atoms with Crippen molar-refractivity contribution in [2.45, 2.75) is 85.2 Å². The monoisotopic (exact) mass is 462 g/mol. The van der Waals surface area contributed by atoms with Crippen molar-refractivity contribution in [1.29, 1.82) is 0 Å². The van der Waals surface area contributed by atoms with Crippen molar-refractivity contribution >= 4 is 21.7 Å². The molecule has 0 unspecified atom stereocenters. The molecule has 1 aromatic heterocycles. The van der Waals surface area contributed by atoms with E-state index in [0.717, 1.165) is 41.7 Å². The number of carbonyl (C=O) groups is 1. The number of amides is 1. The fraction of sp³-hybridized carbons (Fsp3) is 0.560. The van der Waals surface area contributed by atoms with Gasteiger partial charge in [-0.15, -0.1) is 0 Å². The zero-order valence-electron chi connectivity index (χ0n) is 20.1. The Balaban J connectivity index is 2.05. The fourth-order valence-electron chi connectivity index (χ4n) is 3.71. The van der Waals surface area contributed by atoms with Gasteiger partial charge in [0.25, 0.3) is 10.0 Å². The Morgan fingerprint density at radius 1 is 1.31 bits per heavy atom. The number of carbonyl (C=O) groups excluding carboxylic acids is 1. The van der Waals surface area contributed by atoms with Gasteiger partial charge in [0, 0.05) is 11.9 Å². The largest absolute Gasteiger partial charge is 0.443 e. The van der Waals surface area contributed by atoms with Gasteiger partial charge in [-0.1, -0.05) is 38.2 Å². The first-order valence-electron chi connectivity index (χ1n) is 11.2. The number of aryl methyl sites for hydroxylation is 1. The molecule has 0 saturated heterocycles. The van der Waals surface area contributed by atoms with Gasteiger partial charge in [-0.05, 0) is 88.8 Å². The predicted octanol–water partition coefficient (Wildman–Crippen LogP) is 6.38. The van der Waals surface area contributed by atoms with Crippen LogP contribution in [-0.4, -0.2) is 25.1 Å². The lowest BCUT2D eigenvalue weighted by molar-refractivity contribution is 0.0570. The summed E-state index contributed by atoms with van der Waals surface area (Å²) >= 11 is 0. The number of ether oxygens (including phenoxy) is 1. The Bertz CT molecular complexity index is 989. The third-order valence-corrected chi connectivity index (χ3v) is 7.32. The standard InChI is InChI=1S/C25H38N2O4S/c1-8-25(13-14-25)17-21(32(29,30)27-23(28)31-24(5,6)7)11-9-10-18(2)16-19(3)22-12-15-26-20(22)4/h11-12,15,26H,2-3,8-10,13-14,16-17H2,1,4-7H3,(H,27,28)/b21-11-. The molecule has 1 heterocycles. The maximum absolute atomic E-state index is 13.0. The van der Waals surface area contributed by atoms with Gasteiger partial charge >= 0.3 is 6.09 Å². The van der Waals surface area contributed by atoms with Crippen molar-refractivity contribution in [3.63, 3.8) is 0 Å². The molecule has 32 heavy (non-hydrogen) atoms. The Morgan fingerprint density at radius 2 is 1.97 bits per heavy atom. The molecule has 1 aromatic rings. The van der Waals surface area contributed by atoms with E-state index >= 15 is 0 Å². The van der Waals surface area contributed by atoms with E-state index in [2.05, 4.69) is 29.8 Å². The molecule has 7 heteroatoms. The molecule has 0 spiro atoms. The number of hydrogen-bond donors (Lipinski definition) is 2. The lowest BCUT2D eigenvalue weighted by atomic mass is 9.97.